The van der Waals surface area contributed by atoms with E-state index in [0.29, 0.717) is 5.56 Å². The Morgan fingerprint density at radius 2 is 2.21 bits per heavy atom. The molecule has 2 N–H and O–H groups in total. The molecule has 0 spiro atoms. The predicted octanol–water partition coefficient (Wildman–Crippen LogP) is 1.96. The maximum atomic E-state index is 14.1. The van der Waals surface area contributed by atoms with Gasteiger partial charge in [-0.2, -0.15) is 0 Å². The van der Waals surface area contributed by atoms with E-state index < -0.39 is 11.8 Å². The van der Waals surface area contributed by atoms with Crippen LogP contribution in [0.1, 0.15) is 16.1 Å². The van der Waals surface area contributed by atoms with Crippen LogP contribution in [0.5, 0.6) is 0 Å². The monoisotopic (exact) mass is 261 g/mol. The van der Waals surface area contributed by atoms with Gasteiger partial charge in [0, 0.05) is 23.5 Å². The van der Waals surface area contributed by atoms with Gasteiger partial charge in [0.2, 0.25) is 0 Å². The van der Waals surface area contributed by atoms with E-state index in [9.17, 15) is 9.18 Å². The molecule has 0 aliphatic rings. The molecule has 98 valence electrons. The highest BCUT2D eigenvalue weighted by molar-refractivity contribution is 5.91. The van der Waals surface area contributed by atoms with Crippen LogP contribution in [0, 0.1) is 12.7 Å². The highest BCUT2D eigenvalue weighted by atomic mass is 19.1. The van der Waals surface area contributed by atoms with Crippen molar-refractivity contribution in [3.8, 4) is 11.3 Å². The van der Waals surface area contributed by atoms with Gasteiger partial charge in [-0.25, -0.2) is 14.2 Å². The number of aromatic nitrogens is 2. The highest BCUT2D eigenvalue weighted by Gasteiger charge is 2.21. The van der Waals surface area contributed by atoms with Crippen LogP contribution in [0.4, 0.5) is 10.1 Å². The van der Waals surface area contributed by atoms with Crippen LogP contribution < -0.4 is 5.73 Å². The standard InChI is InChI=1S/C13H12FN3O2/c1-7-10(15)9(14)12(8-4-3-5-16-6-8)17-11(7)13(18)19-2/h3-6H,1-2H3,(H2,15,17). The Labute approximate surface area is 109 Å². The Kier molecular flexibility index (Phi) is 3.41. The van der Waals surface area contributed by atoms with E-state index in [1.165, 1.54) is 20.2 Å². The Hall–Kier alpha value is -2.50. The number of nitrogens with two attached hydrogens (primary N) is 1. The molecule has 5 nitrogen and oxygen atoms in total. The molecule has 0 bridgehead atoms. The second-order valence-corrected chi connectivity index (χ2v) is 3.89. The molecule has 2 rings (SSSR count). The van der Waals surface area contributed by atoms with Crippen molar-refractivity contribution >= 4 is 11.7 Å². The van der Waals surface area contributed by atoms with E-state index in [4.69, 9.17) is 5.73 Å². The number of hydrogen-bond acceptors (Lipinski definition) is 5. The number of halogens is 1. The SMILES string of the molecule is COC(=O)c1nc(-c2cccnc2)c(F)c(N)c1C. The summed E-state index contributed by atoms with van der Waals surface area (Å²) in [4.78, 5) is 19.5. The summed E-state index contributed by atoms with van der Waals surface area (Å²) in [6.45, 7) is 1.52. The van der Waals surface area contributed by atoms with Crippen molar-refractivity contribution in [1.82, 2.24) is 9.97 Å². The third kappa shape index (κ3) is 2.24. The summed E-state index contributed by atoms with van der Waals surface area (Å²) in [5.41, 5.74) is 6.24. The first-order chi connectivity index (χ1) is 9.06. The molecule has 0 aliphatic carbocycles. The maximum Gasteiger partial charge on any atom is 0.357 e. The first-order valence-electron chi connectivity index (χ1n) is 5.50. The average Bonchev–Trinajstić information content (AvgIpc) is 2.45. The summed E-state index contributed by atoms with van der Waals surface area (Å²) in [6.07, 6.45) is 3.00. The van der Waals surface area contributed by atoms with Crippen molar-refractivity contribution in [2.45, 2.75) is 6.92 Å². The number of carbonyl (C=O) groups excluding carboxylic acids is 1. The van der Waals surface area contributed by atoms with E-state index in [-0.39, 0.29) is 22.6 Å². The van der Waals surface area contributed by atoms with Crippen molar-refractivity contribution in [3.05, 3.63) is 41.6 Å². The molecule has 0 fully saturated rings. The fourth-order valence-corrected chi connectivity index (χ4v) is 1.65. The Bertz CT molecular complexity index is 630. The minimum absolute atomic E-state index is 0.000234. The maximum absolute atomic E-state index is 14.1. The van der Waals surface area contributed by atoms with Gasteiger partial charge in [0.15, 0.2) is 11.5 Å². The predicted molar refractivity (Wildman–Crippen MR) is 67.9 cm³/mol. The van der Waals surface area contributed by atoms with Gasteiger partial charge < -0.3 is 10.5 Å². The van der Waals surface area contributed by atoms with Crippen LogP contribution in [-0.4, -0.2) is 23.0 Å². The second kappa shape index (κ2) is 5.01. The van der Waals surface area contributed by atoms with Gasteiger partial charge >= 0.3 is 5.97 Å². The van der Waals surface area contributed by atoms with Crippen molar-refractivity contribution in [3.63, 3.8) is 0 Å². The van der Waals surface area contributed by atoms with Crippen molar-refractivity contribution in [2.24, 2.45) is 0 Å². The fourth-order valence-electron chi connectivity index (χ4n) is 1.65. The molecule has 2 aromatic rings. The first kappa shape index (κ1) is 12.9. The number of methoxy groups -OCH3 is 1. The van der Waals surface area contributed by atoms with Crippen LogP contribution in [-0.2, 0) is 4.74 Å². The van der Waals surface area contributed by atoms with Crippen LogP contribution in [0.2, 0.25) is 0 Å². The summed E-state index contributed by atoms with van der Waals surface area (Å²) in [7, 11) is 1.23. The lowest BCUT2D eigenvalue weighted by atomic mass is 10.1. The molecule has 0 aliphatic heterocycles. The number of ether oxygens (including phenoxy) is 1. The number of rotatable bonds is 2. The smallest absolute Gasteiger partial charge is 0.357 e. The molecule has 0 radical (unpaired) electrons. The zero-order valence-corrected chi connectivity index (χ0v) is 10.5. The number of nitrogens with zero attached hydrogens (tertiary/aromatic N) is 2. The van der Waals surface area contributed by atoms with Crippen LogP contribution in [0.25, 0.3) is 11.3 Å². The third-order valence-corrected chi connectivity index (χ3v) is 2.74. The van der Waals surface area contributed by atoms with Gasteiger partial charge in [-0.1, -0.05) is 0 Å². The molecule has 19 heavy (non-hydrogen) atoms. The lowest BCUT2D eigenvalue weighted by molar-refractivity contribution is 0.0593. The third-order valence-electron chi connectivity index (χ3n) is 2.74. The van der Waals surface area contributed by atoms with E-state index >= 15 is 0 Å². The van der Waals surface area contributed by atoms with Crippen LogP contribution >= 0.6 is 0 Å². The number of esters is 1. The average molecular weight is 261 g/mol. The van der Waals surface area contributed by atoms with E-state index in [1.807, 2.05) is 0 Å². The number of nitrogen functional groups attached to an aromatic ring is 1. The Balaban J connectivity index is 2.69. The summed E-state index contributed by atoms with van der Waals surface area (Å²) < 4.78 is 18.7. The van der Waals surface area contributed by atoms with Gasteiger partial charge in [-0.3, -0.25) is 4.98 Å². The summed E-state index contributed by atoms with van der Waals surface area (Å²) in [5, 5.41) is 0. The van der Waals surface area contributed by atoms with Gasteiger partial charge in [0.05, 0.1) is 12.8 Å². The highest BCUT2D eigenvalue weighted by Crippen LogP contribution is 2.28. The van der Waals surface area contributed by atoms with Gasteiger partial charge in [0.1, 0.15) is 5.69 Å². The lowest BCUT2D eigenvalue weighted by Gasteiger charge is -2.11. The molecule has 2 aromatic heterocycles. The van der Waals surface area contributed by atoms with E-state index in [1.54, 1.807) is 18.3 Å². The summed E-state index contributed by atoms with van der Waals surface area (Å²) >= 11 is 0. The molecule has 2 heterocycles. The van der Waals surface area contributed by atoms with Crippen LogP contribution in [0.15, 0.2) is 24.5 Å². The van der Waals surface area contributed by atoms with Crippen LogP contribution in [0.3, 0.4) is 0 Å². The van der Waals surface area contributed by atoms with Crippen molar-refractivity contribution in [2.75, 3.05) is 12.8 Å². The Morgan fingerprint density at radius 3 is 2.79 bits per heavy atom. The zero-order chi connectivity index (χ0) is 14.0. The van der Waals surface area contributed by atoms with Crippen molar-refractivity contribution < 1.29 is 13.9 Å². The van der Waals surface area contributed by atoms with Gasteiger partial charge in [0.25, 0.3) is 0 Å². The first-order valence-corrected chi connectivity index (χ1v) is 5.50. The van der Waals surface area contributed by atoms with Crippen molar-refractivity contribution in [1.29, 1.82) is 0 Å². The molecule has 0 unspecified atom stereocenters. The van der Waals surface area contributed by atoms with E-state index in [0.717, 1.165) is 0 Å². The molecule has 0 aromatic carbocycles. The Morgan fingerprint density at radius 1 is 1.47 bits per heavy atom. The minimum Gasteiger partial charge on any atom is -0.464 e. The number of carbonyl (C=O) groups is 1. The number of hydrogen-bond donors (Lipinski definition) is 1. The molecule has 0 saturated heterocycles. The number of pyridine rings is 2. The second-order valence-electron chi connectivity index (χ2n) is 3.89. The largest absolute Gasteiger partial charge is 0.464 e. The lowest BCUT2D eigenvalue weighted by Crippen LogP contribution is -2.12. The molecule has 6 heteroatoms. The van der Waals surface area contributed by atoms with Gasteiger partial charge in [-0.15, -0.1) is 0 Å². The number of anilines is 1. The fraction of sp³-hybridized carbons (Fsp3) is 0.154. The molecule has 0 atom stereocenters. The normalized spacial score (nSPS) is 10.3. The summed E-state index contributed by atoms with van der Waals surface area (Å²) in [6, 6.07) is 3.28. The molecular formula is C13H12FN3O2. The molecular weight excluding hydrogens is 249 g/mol. The summed E-state index contributed by atoms with van der Waals surface area (Å²) in [5.74, 6) is -1.33. The van der Waals surface area contributed by atoms with Gasteiger partial charge in [-0.05, 0) is 19.1 Å². The topological polar surface area (TPSA) is 78.1 Å². The molecule has 0 saturated carbocycles. The minimum atomic E-state index is -0.668. The van der Waals surface area contributed by atoms with E-state index in [2.05, 4.69) is 14.7 Å². The zero-order valence-electron chi connectivity index (χ0n) is 10.5. The molecule has 0 amide bonds. The quantitative estimate of drug-likeness (QED) is 0.836.